The van der Waals surface area contributed by atoms with Gasteiger partial charge in [0.05, 0.1) is 38.8 Å². The number of rotatable bonds is 6. The lowest BCUT2D eigenvalue weighted by atomic mass is 10.0. The molecule has 7 heteroatoms. The van der Waals surface area contributed by atoms with Crippen molar-refractivity contribution in [2.45, 2.75) is 6.04 Å². The highest BCUT2D eigenvalue weighted by atomic mass is 79.9. The average Bonchev–Trinajstić information content (AvgIpc) is 3.24. The van der Waals surface area contributed by atoms with E-state index in [0.29, 0.717) is 17.2 Å². The Morgan fingerprint density at radius 1 is 0.839 bits per heavy atom. The molecule has 0 saturated carbocycles. The Labute approximate surface area is 189 Å². The summed E-state index contributed by atoms with van der Waals surface area (Å²) in [5.74, 6) is 1.55. The highest BCUT2D eigenvalue weighted by Gasteiger charge is 2.30. The largest absolute Gasteiger partial charge is 0.496 e. The molecule has 0 aromatic heterocycles. The van der Waals surface area contributed by atoms with E-state index < -0.39 is 0 Å². The third kappa shape index (κ3) is 4.18. The van der Waals surface area contributed by atoms with Gasteiger partial charge in [0, 0.05) is 16.1 Å². The molecule has 0 spiro atoms. The lowest BCUT2D eigenvalue weighted by Crippen LogP contribution is -2.34. The van der Waals surface area contributed by atoms with Crippen LogP contribution in [0.5, 0.6) is 17.2 Å². The maximum Gasteiger partial charge on any atom is 0.164 e. The molecule has 31 heavy (non-hydrogen) atoms. The molecule has 0 saturated heterocycles. The van der Waals surface area contributed by atoms with Crippen LogP contribution in [0.25, 0.3) is 5.70 Å². The van der Waals surface area contributed by atoms with E-state index in [0.717, 1.165) is 27.0 Å². The Kier molecular flexibility index (Phi) is 6.04. The van der Waals surface area contributed by atoms with Gasteiger partial charge in [0.1, 0.15) is 11.6 Å². The molecule has 0 bridgehead atoms. The van der Waals surface area contributed by atoms with Crippen LogP contribution in [0.4, 0.5) is 10.1 Å². The van der Waals surface area contributed by atoms with Crippen molar-refractivity contribution in [2.75, 3.05) is 26.3 Å². The molecule has 1 heterocycles. The Morgan fingerprint density at radius 2 is 1.45 bits per heavy atom. The average molecular weight is 485 g/mol. The highest BCUT2D eigenvalue weighted by molar-refractivity contribution is 9.10. The third-order valence-electron chi connectivity index (χ3n) is 5.16. The van der Waals surface area contributed by atoms with Crippen LogP contribution in [0.2, 0.25) is 0 Å². The summed E-state index contributed by atoms with van der Waals surface area (Å²) in [6.07, 6.45) is 2.11. The zero-order valence-corrected chi connectivity index (χ0v) is 18.9. The minimum Gasteiger partial charge on any atom is -0.496 e. The molecule has 1 atom stereocenters. The molecule has 1 unspecified atom stereocenters. The van der Waals surface area contributed by atoms with Crippen molar-refractivity contribution < 1.29 is 18.6 Å². The number of ether oxygens (including phenoxy) is 3. The van der Waals surface area contributed by atoms with Gasteiger partial charge >= 0.3 is 0 Å². The van der Waals surface area contributed by atoms with Crippen LogP contribution in [0.3, 0.4) is 0 Å². The van der Waals surface area contributed by atoms with Gasteiger partial charge in [0.15, 0.2) is 11.5 Å². The van der Waals surface area contributed by atoms with Crippen LogP contribution in [0, 0.1) is 5.82 Å². The summed E-state index contributed by atoms with van der Waals surface area (Å²) in [5.41, 5.74) is 7.10. The van der Waals surface area contributed by atoms with E-state index in [4.69, 9.17) is 14.2 Å². The Hall–Kier alpha value is -3.19. The van der Waals surface area contributed by atoms with E-state index >= 15 is 0 Å². The van der Waals surface area contributed by atoms with Crippen molar-refractivity contribution in [2.24, 2.45) is 0 Å². The first-order chi connectivity index (χ1) is 15.0. The number of hydrogen-bond donors (Lipinski definition) is 1. The monoisotopic (exact) mass is 484 g/mol. The predicted molar refractivity (Wildman–Crippen MR) is 123 cm³/mol. The van der Waals surface area contributed by atoms with E-state index in [9.17, 15) is 4.39 Å². The van der Waals surface area contributed by atoms with Gasteiger partial charge < -0.3 is 14.2 Å². The topological polar surface area (TPSA) is 43.0 Å². The third-order valence-corrected chi connectivity index (χ3v) is 5.69. The minimum absolute atomic E-state index is 0.237. The number of halogens is 2. The van der Waals surface area contributed by atoms with Gasteiger partial charge in [-0.15, -0.1) is 0 Å². The van der Waals surface area contributed by atoms with E-state index in [1.807, 2.05) is 41.4 Å². The predicted octanol–water partition coefficient (Wildman–Crippen LogP) is 5.72. The highest BCUT2D eigenvalue weighted by Crippen LogP contribution is 2.43. The maximum atomic E-state index is 13.6. The number of anilines is 1. The van der Waals surface area contributed by atoms with Crippen molar-refractivity contribution in [3.63, 3.8) is 0 Å². The van der Waals surface area contributed by atoms with Crippen LogP contribution < -0.4 is 24.6 Å². The standard InChI is InChI=1S/C24H22BrFN2O3/c1-29-22-14-24(31-3)23(30-2)12-19(22)21-13-20(15-4-6-16(25)7-5-15)27-28(21)18-10-8-17(26)9-11-18/h4-14,21,27H,1-3H3. The molecule has 1 aliphatic rings. The van der Waals surface area contributed by atoms with E-state index in [1.165, 1.54) is 12.1 Å². The first-order valence-corrected chi connectivity index (χ1v) is 10.4. The van der Waals surface area contributed by atoms with Crippen LogP contribution >= 0.6 is 15.9 Å². The normalized spacial score (nSPS) is 15.3. The molecule has 1 aliphatic heterocycles. The van der Waals surface area contributed by atoms with Gasteiger partial charge in [0.2, 0.25) is 0 Å². The summed E-state index contributed by atoms with van der Waals surface area (Å²) >= 11 is 3.48. The second-order valence-corrected chi connectivity index (χ2v) is 7.86. The molecule has 3 aromatic carbocycles. The molecule has 0 amide bonds. The molecule has 4 rings (SSSR count). The molecule has 160 valence electrons. The smallest absolute Gasteiger partial charge is 0.164 e. The van der Waals surface area contributed by atoms with E-state index in [1.54, 1.807) is 33.5 Å². The van der Waals surface area contributed by atoms with Gasteiger partial charge in [0.25, 0.3) is 0 Å². The van der Waals surface area contributed by atoms with Gasteiger partial charge in [-0.3, -0.25) is 10.4 Å². The molecule has 1 N–H and O–H groups in total. The number of benzene rings is 3. The summed E-state index contributed by atoms with van der Waals surface area (Å²) in [4.78, 5) is 0. The fourth-order valence-electron chi connectivity index (χ4n) is 3.60. The first-order valence-electron chi connectivity index (χ1n) is 9.63. The number of hydrogen-bond acceptors (Lipinski definition) is 5. The molecular formula is C24H22BrFN2O3. The van der Waals surface area contributed by atoms with E-state index in [2.05, 4.69) is 27.4 Å². The van der Waals surface area contributed by atoms with Crippen molar-refractivity contribution >= 4 is 27.3 Å². The summed E-state index contributed by atoms with van der Waals surface area (Å²) < 4.78 is 31.2. The molecule has 0 radical (unpaired) electrons. The number of nitrogens with one attached hydrogen (secondary N) is 1. The van der Waals surface area contributed by atoms with Crippen molar-refractivity contribution in [1.29, 1.82) is 0 Å². The fraction of sp³-hybridized carbons (Fsp3) is 0.167. The molecule has 5 nitrogen and oxygen atoms in total. The van der Waals surface area contributed by atoms with Gasteiger partial charge in [-0.1, -0.05) is 28.1 Å². The van der Waals surface area contributed by atoms with Crippen LogP contribution in [0.15, 0.2) is 71.2 Å². The van der Waals surface area contributed by atoms with Gasteiger partial charge in [-0.05, 0) is 54.1 Å². The van der Waals surface area contributed by atoms with E-state index in [-0.39, 0.29) is 11.9 Å². The number of nitrogens with zero attached hydrogens (tertiary/aromatic N) is 1. The second kappa shape index (κ2) is 8.89. The lowest BCUT2D eigenvalue weighted by Gasteiger charge is -2.29. The quantitative estimate of drug-likeness (QED) is 0.484. The van der Waals surface area contributed by atoms with Gasteiger partial charge in [-0.25, -0.2) is 4.39 Å². The zero-order valence-electron chi connectivity index (χ0n) is 17.4. The molecule has 0 aliphatic carbocycles. The summed E-state index contributed by atoms with van der Waals surface area (Å²) in [6, 6.07) is 17.9. The zero-order chi connectivity index (χ0) is 22.0. The van der Waals surface area contributed by atoms with Crippen LogP contribution in [-0.4, -0.2) is 21.3 Å². The number of methoxy groups -OCH3 is 3. The SMILES string of the molecule is COc1cc(OC)c(C2C=C(c3ccc(Br)cc3)NN2c2ccc(F)cc2)cc1OC. The second-order valence-electron chi connectivity index (χ2n) is 6.94. The van der Waals surface area contributed by atoms with Crippen LogP contribution in [-0.2, 0) is 0 Å². The minimum atomic E-state index is -0.288. The molecular weight excluding hydrogens is 463 g/mol. The van der Waals surface area contributed by atoms with Crippen molar-refractivity contribution in [1.82, 2.24) is 5.43 Å². The lowest BCUT2D eigenvalue weighted by molar-refractivity contribution is 0.347. The summed E-state index contributed by atoms with van der Waals surface area (Å²) in [7, 11) is 4.81. The Balaban J connectivity index is 1.84. The van der Waals surface area contributed by atoms with Crippen molar-refractivity contribution in [3.05, 3.63) is 88.2 Å². The van der Waals surface area contributed by atoms with Gasteiger partial charge in [-0.2, -0.15) is 0 Å². The van der Waals surface area contributed by atoms with Crippen LogP contribution in [0.1, 0.15) is 17.2 Å². The van der Waals surface area contributed by atoms with Crippen molar-refractivity contribution in [3.8, 4) is 17.2 Å². The Morgan fingerprint density at radius 3 is 2.06 bits per heavy atom. The fourth-order valence-corrected chi connectivity index (χ4v) is 3.86. The first kappa shape index (κ1) is 21.1. The summed E-state index contributed by atoms with van der Waals surface area (Å²) in [6.45, 7) is 0. The number of hydrazine groups is 1. The molecule has 0 fully saturated rings. The molecule has 3 aromatic rings. The maximum absolute atomic E-state index is 13.6. The Bertz CT molecular complexity index is 1100. The summed E-state index contributed by atoms with van der Waals surface area (Å²) in [5, 5.41) is 1.97.